The van der Waals surface area contributed by atoms with Gasteiger partial charge in [-0.2, -0.15) is 0 Å². The first-order valence-corrected chi connectivity index (χ1v) is 8.30. The van der Waals surface area contributed by atoms with Gasteiger partial charge < -0.3 is 30.1 Å². The van der Waals surface area contributed by atoms with E-state index >= 15 is 0 Å². The Morgan fingerprint density at radius 1 is 1.21 bits per heavy atom. The van der Waals surface area contributed by atoms with Crippen molar-refractivity contribution in [1.82, 2.24) is 5.32 Å². The minimum atomic E-state index is -1.01. The van der Waals surface area contributed by atoms with Gasteiger partial charge in [-0.05, 0) is 54.6 Å². The average Bonchev–Trinajstić information content (AvgIpc) is 2.56. The Morgan fingerprint density at radius 2 is 2.00 bits per heavy atom. The molecule has 1 saturated heterocycles. The molecule has 2 aliphatic carbocycles. The highest BCUT2D eigenvalue weighted by Gasteiger charge is 2.54. The van der Waals surface area contributed by atoms with Crippen molar-refractivity contribution in [2.45, 2.75) is 42.9 Å². The van der Waals surface area contributed by atoms with Crippen LogP contribution in [0, 0.1) is 0 Å². The summed E-state index contributed by atoms with van der Waals surface area (Å²) in [7, 11) is 3.07. The van der Waals surface area contributed by atoms with E-state index in [-0.39, 0.29) is 11.8 Å². The molecule has 0 saturated carbocycles. The third-order valence-corrected chi connectivity index (χ3v) is 5.83. The maximum absolute atomic E-state index is 10.4. The van der Waals surface area contributed by atoms with Crippen molar-refractivity contribution in [3.63, 3.8) is 0 Å². The molecule has 1 aliphatic heterocycles. The fourth-order valence-electron chi connectivity index (χ4n) is 4.86. The first-order valence-electron chi connectivity index (χ1n) is 8.30. The topological polar surface area (TPSA) is 91.2 Å². The van der Waals surface area contributed by atoms with Crippen LogP contribution in [0.15, 0.2) is 23.5 Å². The molecule has 4 rings (SSSR count). The van der Waals surface area contributed by atoms with E-state index in [1.807, 2.05) is 6.07 Å². The van der Waals surface area contributed by atoms with E-state index in [1.54, 1.807) is 6.07 Å². The van der Waals surface area contributed by atoms with Crippen LogP contribution in [0.5, 0.6) is 11.5 Å². The molecule has 0 radical (unpaired) electrons. The Bertz CT molecular complexity index is 716. The number of benzene rings is 1. The van der Waals surface area contributed by atoms with Crippen molar-refractivity contribution < 1.29 is 24.8 Å². The van der Waals surface area contributed by atoms with Gasteiger partial charge in [0.15, 0.2) is 11.5 Å². The van der Waals surface area contributed by atoms with Crippen molar-refractivity contribution in [2.24, 2.45) is 0 Å². The number of aliphatic hydroxyl groups excluding tert-OH is 2. The molecule has 0 aromatic heterocycles. The highest BCUT2D eigenvalue weighted by molar-refractivity contribution is 5.58. The van der Waals surface area contributed by atoms with Crippen LogP contribution in [0.4, 0.5) is 0 Å². The maximum Gasteiger partial charge on any atom is 0.160 e. The normalized spacial score (nSPS) is 34.4. The molecule has 0 unspecified atom stereocenters. The number of fused-ring (bicyclic) bond motifs is 1. The lowest BCUT2D eigenvalue weighted by Crippen LogP contribution is -2.59. The molecule has 24 heavy (non-hydrogen) atoms. The van der Waals surface area contributed by atoms with Crippen LogP contribution in [0.1, 0.15) is 24.0 Å². The number of hydrogen-bond acceptors (Lipinski definition) is 6. The van der Waals surface area contributed by atoms with Gasteiger partial charge in [0.05, 0.1) is 20.3 Å². The SMILES string of the molecule is COC1=C2[C@H]3Cc4cc(OC)c(O)cc4[C@@]2(CCN3)C[C@H](O)[C@@H]1O. The molecule has 4 N–H and O–H groups in total. The van der Waals surface area contributed by atoms with Crippen LogP contribution in [0.3, 0.4) is 0 Å². The lowest BCUT2D eigenvalue weighted by Gasteiger charge is -2.53. The van der Waals surface area contributed by atoms with Crippen LogP contribution in [-0.4, -0.2) is 54.3 Å². The number of aliphatic hydroxyl groups is 2. The molecule has 1 aromatic carbocycles. The molecule has 4 atom stereocenters. The quantitative estimate of drug-likeness (QED) is 0.633. The third-order valence-electron chi connectivity index (χ3n) is 5.83. The summed E-state index contributed by atoms with van der Waals surface area (Å²) in [4.78, 5) is 0. The molecule has 0 spiro atoms. The van der Waals surface area contributed by atoms with E-state index in [0.717, 1.165) is 36.1 Å². The number of methoxy groups -OCH3 is 2. The summed E-state index contributed by atoms with van der Waals surface area (Å²) in [6.07, 6.45) is 0.0480. The predicted octanol–water partition coefficient (Wildman–Crippen LogP) is 0.583. The monoisotopic (exact) mass is 333 g/mol. The van der Waals surface area contributed by atoms with E-state index in [0.29, 0.717) is 17.9 Å². The molecule has 0 amide bonds. The van der Waals surface area contributed by atoms with E-state index in [4.69, 9.17) is 9.47 Å². The Labute approximate surface area is 140 Å². The van der Waals surface area contributed by atoms with Gasteiger partial charge in [-0.1, -0.05) is 0 Å². The molecule has 6 nitrogen and oxygen atoms in total. The smallest absolute Gasteiger partial charge is 0.160 e. The number of rotatable bonds is 2. The van der Waals surface area contributed by atoms with Crippen LogP contribution >= 0.6 is 0 Å². The summed E-state index contributed by atoms with van der Waals surface area (Å²) in [5.41, 5.74) is 2.71. The third kappa shape index (κ3) is 1.93. The van der Waals surface area contributed by atoms with Crippen LogP contribution in [0.2, 0.25) is 0 Å². The summed E-state index contributed by atoms with van der Waals surface area (Å²) in [6.45, 7) is 0.820. The maximum atomic E-state index is 10.4. The van der Waals surface area contributed by atoms with Crippen molar-refractivity contribution in [1.29, 1.82) is 0 Å². The lowest BCUT2D eigenvalue weighted by molar-refractivity contribution is -0.0257. The second kappa shape index (κ2) is 5.37. The first kappa shape index (κ1) is 15.7. The summed E-state index contributed by atoms with van der Waals surface area (Å²) >= 11 is 0. The number of ether oxygens (including phenoxy) is 2. The standard InChI is InChI=1S/C18H23NO5/c1-23-14-6-9-5-11-15-17(24-2)16(22)13(21)8-18(15,3-4-19-11)10(9)7-12(14)20/h6-7,11,13,16,19-22H,3-5,8H2,1-2H3/t11-,13+,16+,18-/m1/s1. The van der Waals surface area contributed by atoms with Crippen LogP contribution in [-0.2, 0) is 16.6 Å². The van der Waals surface area contributed by atoms with Crippen molar-refractivity contribution in [3.8, 4) is 11.5 Å². The highest BCUT2D eigenvalue weighted by atomic mass is 16.5. The van der Waals surface area contributed by atoms with Crippen LogP contribution in [0.25, 0.3) is 0 Å². The minimum absolute atomic E-state index is 0.0533. The summed E-state index contributed by atoms with van der Waals surface area (Å²) in [5, 5.41) is 34.6. The molecule has 130 valence electrons. The predicted molar refractivity (Wildman–Crippen MR) is 87.1 cm³/mol. The number of aromatic hydroxyl groups is 1. The lowest BCUT2D eigenvalue weighted by atomic mass is 9.56. The van der Waals surface area contributed by atoms with E-state index in [1.165, 1.54) is 14.2 Å². The van der Waals surface area contributed by atoms with Crippen molar-refractivity contribution >= 4 is 0 Å². The number of phenols is 1. The number of phenolic OH excluding ortho intramolecular Hbond substituents is 1. The molecule has 3 aliphatic rings. The zero-order chi connectivity index (χ0) is 17.1. The van der Waals surface area contributed by atoms with E-state index < -0.39 is 17.6 Å². The van der Waals surface area contributed by atoms with Gasteiger partial charge in [-0.25, -0.2) is 0 Å². The Balaban J connectivity index is 1.99. The molecular weight excluding hydrogens is 310 g/mol. The fraction of sp³-hybridized carbons (Fsp3) is 0.556. The van der Waals surface area contributed by atoms with Crippen molar-refractivity contribution in [3.05, 3.63) is 34.6 Å². The van der Waals surface area contributed by atoms with Gasteiger partial charge in [0, 0.05) is 11.5 Å². The summed E-state index contributed by atoms with van der Waals surface area (Å²) < 4.78 is 10.8. The number of nitrogens with one attached hydrogen (secondary N) is 1. The fourth-order valence-corrected chi connectivity index (χ4v) is 4.86. The van der Waals surface area contributed by atoms with E-state index in [2.05, 4.69) is 5.32 Å². The average molecular weight is 333 g/mol. The Kier molecular flexibility index (Phi) is 3.53. The Hall–Kier alpha value is -1.76. The van der Waals surface area contributed by atoms with Crippen molar-refractivity contribution in [2.75, 3.05) is 20.8 Å². The Morgan fingerprint density at radius 3 is 2.71 bits per heavy atom. The zero-order valence-corrected chi connectivity index (χ0v) is 13.9. The molecule has 6 heteroatoms. The first-order chi connectivity index (χ1) is 11.5. The molecule has 1 fully saturated rings. The summed E-state index contributed by atoms with van der Waals surface area (Å²) in [6, 6.07) is 3.69. The largest absolute Gasteiger partial charge is 0.504 e. The molecule has 2 bridgehead atoms. The van der Waals surface area contributed by atoms with Gasteiger partial charge >= 0.3 is 0 Å². The summed E-state index contributed by atoms with van der Waals surface area (Å²) in [5.74, 6) is 1.02. The van der Waals surface area contributed by atoms with Crippen LogP contribution < -0.4 is 10.1 Å². The molecule has 1 aromatic rings. The van der Waals surface area contributed by atoms with E-state index in [9.17, 15) is 15.3 Å². The van der Waals surface area contributed by atoms with Gasteiger partial charge in [-0.3, -0.25) is 0 Å². The van der Waals surface area contributed by atoms with Gasteiger partial charge in [0.25, 0.3) is 0 Å². The second-order valence-corrected chi connectivity index (χ2v) is 6.92. The number of piperidine rings is 1. The second-order valence-electron chi connectivity index (χ2n) is 6.92. The van der Waals surface area contributed by atoms with Gasteiger partial charge in [0.1, 0.15) is 11.9 Å². The van der Waals surface area contributed by atoms with Gasteiger partial charge in [-0.15, -0.1) is 0 Å². The molecule has 1 heterocycles. The zero-order valence-electron chi connectivity index (χ0n) is 13.9. The number of hydrogen-bond donors (Lipinski definition) is 4. The van der Waals surface area contributed by atoms with Gasteiger partial charge in [0.2, 0.25) is 0 Å². The molecular formula is C18H23NO5. The minimum Gasteiger partial charge on any atom is -0.504 e. The highest BCUT2D eigenvalue weighted by Crippen LogP contribution is 2.54.